The van der Waals surface area contributed by atoms with Crippen LogP contribution in [0.5, 0.6) is 0 Å². The summed E-state index contributed by atoms with van der Waals surface area (Å²) in [5.41, 5.74) is 23.0. The minimum absolute atomic E-state index is 0.000586. The molecule has 4 nitrogen and oxygen atoms in total. The fraction of sp³-hybridized carbons (Fsp3) is 0.246. The third-order valence-corrected chi connectivity index (χ3v) is 14.1. The highest BCUT2D eigenvalue weighted by Crippen LogP contribution is 2.51. The predicted molar refractivity (Wildman–Crippen MR) is 281 cm³/mol. The molecule has 2 aromatic heterocycles. The molecule has 0 N–H and O–H groups in total. The van der Waals surface area contributed by atoms with Gasteiger partial charge >= 0.3 is 0 Å². The molecule has 0 radical (unpaired) electrons. The summed E-state index contributed by atoms with van der Waals surface area (Å²) in [6.45, 7) is 27.3. The molecule has 328 valence electrons. The molecule has 0 unspecified atom stereocenters. The minimum Gasteiger partial charge on any atom is -0.468 e. The number of benzene rings is 7. The van der Waals surface area contributed by atoms with Crippen molar-refractivity contribution in [2.75, 3.05) is 9.80 Å². The first-order valence-electron chi connectivity index (χ1n) is 23.6. The van der Waals surface area contributed by atoms with Gasteiger partial charge in [-0.25, -0.2) is 0 Å². The van der Waals surface area contributed by atoms with Crippen LogP contribution in [0.25, 0.3) is 44.4 Å². The molecule has 0 aliphatic carbocycles. The number of aryl methyl sites for hydroxylation is 3. The van der Waals surface area contributed by atoms with Gasteiger partial charge in [0.1, 0.15) is 16.9 Å². The van der Waals surface area contributed by atoms with Crippen LogP contribution in [0.15, 0.2) is 148 Å². The number of hydrogen-bond donors (Lipinski definition) is 0. The Labute approximate surface area is 391 Å². The lowest BCUT2D eigenvalue weighted by molar-refractivity contribution is 0.589. The van der Waals surface area contributed by atoms with E-state index in [2.05, 4.69) is 226 Å². The standard InChI is InChI=1S/C61H59BN2O2/c1-36-28-50-55-51(29-36)64(56-37(2)30-44(31-38(56)3)61(10,11)12)57-46-35-43(60(7,8)9)24-27-53(46)66-58(57)62(55)47-32-41(54-33-40-20-16-17-21-52(40)65-54)22-25-49(47)63(50)48-26-23-42(59(4,5)6)34-45(48)39-18-14-13-15-19-39/h13-35H,1-12H3. The van der Waals surface area contributed by atoms with Gasteiger partial charge in [0.15, 0.2) is 0 Å². The maximum Gasteiger partial charge on any atom is 0.297 e. The summed E-state index contributed by atoms with van der Waals surface area (Å²) in [6, 6.07) is 51.9. The molecule has 0 saturated carbocycles. The summed E-state index contributed by atoms with van der Waals surface area (Å²) in [6.07, 6.45) is 0. The van der Waals surface area contributed by atoms with Crippen molar-refractivity contribution in [2.24, 2.45) is 0 Å². The van der Waals surface area contributed by atoms with Gasteiger partial charge in [-0.05, 0) is 148 Å². The Morgan fingerprint density at radius 1 is 0.455 bits per heavy atom. The highest BCUT2D eigenvalue weighted by Gasteiger charge is 2.48. The first-order chi connectivity index (χ1) is 31.3. The fourth-order valence-corrected chi connectivity index (χ4v) is 10.6. The first-order valence-corrected chi connectivity index (χ1v) is 23.6. The molecule has 0 atom stereocenters. The molecule has 66 heavy (non-hydrogen) atoms. The van der Waals surface area contributed by atoms with E-state index in [1.807, 2.05) is 6.07 Å². The zero-order valence-electron chi connectivity index (χ0n) is 40.6. The van der Waals surface area contributed by atoms with Crippen LogP contribution in [-0.4, -0.2) is 6.71 Å². The number of furan rings is 2. The lowest BCUT2D eigenvalue weighted by Crippen LogP contribution is -2.61. The molecule has 0 amide bonds. The second-order valence-corrected chi connectivity index (χ2v) is 22.1. The van der Waals surface area contributed by atoms with Gasteiger partial charge in [0.05, 0.1) is 22.7 Å². The van der Waals surface area contributed by atoms with Crippen molar-refractivity contribution in [3.05, 3.63) is 173 Å². The van der Waals surface area contributed by atoms with Crippen LogP contribution in [0.4, 0.5) is 34.1 Å². The minimum atomic E-state index is -0.216. The third kappa shape index (κ3) is 6.64. The van der Waals surface area contributed by atoms with E-state index in [-0.39, 0.29) is 23.0 Å². The Hall–Kier alpha value is -6.72. The van der Waals surface area contributed by atoms with E-state index >= 15 is 0 Å². The van der Waals surface area contributed by atoms with Crippen LogP contribution in [0.3, 0.4) is 0 Å². The summed E-state index contributed by atoms with van der Waals surface area (Å²) in [7, 11) is 0. The van der Waals surface area contributed by atoms with Crippen LogP contribution < -0.4 is 26.4 Å². The van der Waals surface area contributed by atoms with Crippen molar-refractivity contribution in [2.45, 2.75) is 99.3 Å². The maximum absolute atomic E-state index is 7.40. The van der Waals surface area contributed by atoms with Crippen molar-refractivity contribution in [1.29, 1.82) is 0 Å². The quantitative estimate of drug-likeness (QED) is 0.165. The first kappa shape index (κ1) is 42.0. The van der Waals surface area contributed by atoms with Crippen molar-refractivity contribution in [3.63, 3.8) is 0 Å². The van der Waals surface area contributed by atoms with Crippen molar-refractivity contribution in [3.8, 4) is 22.5 Å². The Kier molecular flexibility index (Phi) is 9.31. The Balaban J connectivity index is 1.27. The zero-order valence-corrected chi connectivity index (χ0v) is 40.6. The van der Waals surface area contributed by atoms with Crippen LogP contribution in [0.1, 0.15) is 95.7 Å². The topological polar surface area (TPSA) is 32.8 Å². The SMILES string of the molecule is Cc1cc2c3c(c1)N(c1c(C)cc(C(C)(C)C)cc1C)c1c(oc4ccc(C(C)(C)C)cc14)B3c1cc(-c3cc4ccccc4o3)ccc1N2c1ccc(C(C)(C)C)cc1-c1ccccc1. The fourth-order valence-electron chi connectivity index (χ4n) is 10.6. The number of hydrogen-bond acceptors (Lipinski definition) is 4. The number of rotatable bonds is 4. The average molecular weight is 863 g/mol. The largest absolute Gasteiger partial charge is 0.468 e. The zero-order chi connectivity index (χ0) is 46.2. The predicted octanol–water partition coefficient (Wildman–Crippen LogP) is 15.4. The van der Waals surface area contributed by atoms with Gasteiger partial charge in [0, 0.05) is 39.0 Å². The molecule has 4 heterocycles. The smallest absolute Gasteiger partial charge is 0.297 e. The van der Waals surface area contributed by atoms with E-state index in [1.165, 1.54) is 66.8 Å². The molecule has 0 bridgehead atoms. The van der Waals surface area contributed by atoms with Gasteiger partial charge in [-0.1, -0.05) is 141 Å². The molecule has 0 fully saturated rings. The molecule has 2 aliphatic rings. The second kappa shape index (κ2) is 14.6. The van der Waals surface area contributed by atoms with Gasteiger partial charge in [-0.15, -0.1) is 0 Å². The molecule has 0 saturated heterocycles. The molecule has 5 heteroatoms. The number of para-hydroxylation sites is 1. The average Bonchev–Trinajstić information content (AvgIpc) is 3.88. The van der Waals surface area contributed by atoms with Gasteiger partial charge in [0.2, 0.25) is 0 Å². The van der Waals surface area contributed by atoms with Crippen LogP contribution in [0, 0.1) is 20.8 Å². The summed E-state index contributed by atoms with van der Waals surface area (Å²) in [4.78, 5) is 5.11. The molecular formula is C61H59BN2O2. The highest BCUT2D eigenvalue weighted by atomic mass is 16.3. The van der Waals surface area contributed by atoms with Gasteiger partial charge < -0.3 is 18.6 Å². The lowest BCUT2D eigenvalue weighted by Gasteiger charge is -2.44. The van der Waals surface area contributed by atoms with Gasteiger partial charge in [-0.3, -0.25) is 0 Å². The summed E-state index contributed by atoms with van der Waals surface area (Å²) in [5.74, 6) is 0.849. The summed E-state index contributed by atoms with van der Waals surface area (Å²) in [5, 5.41) is 2.22. The third-order valence-electron chi connectivity index (χ3n) is 14.1. The molecule has 11 rings (SSSR count). The Morgan fingerprint density at radius 3 is 1.76 bits per heavy atom. The molecular weight excluding hydrogens is 803 g/mol. The van der Waals surface area contributed by atoms with E-state index in [0.717, 1.165) is 61.7 Å². The number of nitrogens with zero attached hydrogens (tertiary/aromatic N) is 2. The van der Waals surface area contributed by atoms with E-state index in [9.17, 15) is 0 Å². The normalized spacial score (nSPS) is 13.7. The van der Waals surface area contributed by atoms with Crippen LogP contribution in [-0.2, 0) is 16.2 Å². The second-order valence-electron chi connectivity index (χ2n) is 22.1. The van der Waals surface area contributed by atoms with E-state index in [0.29, 0.717) is 0 Å². The van der Waals surface area contributed by atoms with Crippen LogP contribution >= 0.6 is 0 Å². The molecule has 7 aromatic carbocycles. The lowest BCUT2D eigenvalue weighted by atomic mass is 9.35. The van der Waals surface area contributed by atoms with E-state index in [1.54, 1.807) is 0 Å². The molecule has 0 spiro atoms. The number of fused-ring (bicyclic) bond motifs is 7. The highest BCUT2D eigenvalue weighted by molar-refractivity contribution is 7.00. The van der Waals surface area contributed by atoms with Crippen molar-refractivity contribution < 1.29 is 8.83 Å². The van der Waals surface area contributed by atoms with Crippen LogP contribution in [0.2, 0.25) is 0 Å². The summed E-state index contributed by atoms with van der Waals surface area (Å²) >= 11 is 0. The van der Waals surface area contributed by atoms with E-state index < -0.39 is 0 Å². The van der Waals surface area contributed by atoms with Crippen molar-refractivity contribution in [1.82, 2.24) is 0 Å². The van der Waals surface area contributed by atoms with Gasteiger partial charge in [-0.2, -0.15) is 0 Å². The van der Waals surface area contributed by atoms with E-state index in [4.69, 9.17) is 8.83 Å². The van der Waals surface area contributed by atoms with Crippen molar-refractivity contribution >= 4 is 79.4 Å². The molecule has 2 aliphatic heterocycles. The summed E-state index contributed by atoms with van der Waals surface area (Å²) < 4.78 is 14.0. The monoisotopic (exact) mass is 862 g/mol. The Bertz CT molecular complexity index is 3370. The number of anilines is 6. The Morgan fingerprint density at radius 2 is 1.08 bits per heavy atom. The maximum atomic E-state index is 7.40. The molecule has 9 aromatic rings. The van der Waals surface area contributed by atoms with Gasteiger partial charge in [0.25, 0.3) is 6.71 Å².